The van der Waals surface area contributed by atoms with Crippen LogP contribution in [0.5, 0.6) is 0 Å². The fourth-order valence-corrected chi connectivity index (χ4v) is 4.54. The first-order chi connectivity index (χ1) is 11.7. The summed E-state index contributed by atoms with van der Waals surface area (Å²) in [6, 6.07) is 12.7. The zero-order valence-corrected chi connectivity index (χ0v) is 15.6. The van der Waals surface area contributed by atoms with Crippen LogP contribution in [0, 0.1) is 0 Å². The molecule has 24 heavy (non-hydrogen) atoms. The normalized spacial score (nSPS) is 10.9. The summed E-state index contributed by atoms with van der Waals surface area (Å²) >= 11 is 9.32. The molecule has 1 N–H and O–H groups in total. The number of benzene rings is 2. The molecule has 0 bridgehead atoms. The van der Waals surface area contributed by atoms with Gasteiger partial charge in [-0.3, -0.25) is 4.79 Å². The molecule has 3 nitrogen and oxygen atoms in total. The van der Waals surface area contributed by atoms with E-state index in [1.807, 2.05) is 18.2 Å². The van der Waals surface area contributed by atoms with Crippen LogP contribution < -0.4 is 5.32 Å². The van der Waals surface area contributed by atoms with Gasteiger partial charge >= 0.3 is 0 Å². The summed E-state index contributed by atoms with van der Waals surface area (Å²) in [6.45, 7) is 2.19. The fraction of sp³-hybridized carbons (Fsp3) is 0.222. The van der Waals surface area contributed by atoms with Crippen LogP contribution in [0.1, 0.15) is 30.1 Å². The van der Waals surface area contributed by atoms with Crippen molar-refractivity contribution < 1.29 is 4.79 Å². The number of anilines is 1. The van der Waals surface area contributed by atoms with Gasteiger partial charge in [-0.25, -0.2) is 4.98 Å². The molecule has 3 rings (SSSR count). The number of fused-ring (bicyclic) bond motifs is 1. The van der Waals surface area contributed by atoms with Crippen molar-refractivity contribution in [1.82, 2.24) is 4.98 Å². The van der Waals surface area contributed by atoms with Gasteiger partial charge in [0, 0.05) is 22.0 Å². The quantitative estimate of drug-likeness (QED) is 0.417. The second-order valence-corrected chi connectivity index (χ2v) is 8.13. The third kappa shape index (κ3) is 4.29. The van der Waals surface area contributed by atoms with Crippen LogP contribution >= 0.6 is 34.7 Å². The Bertz CT molecular complexity index is 846. The molecule has 1 aromatic heterocycles. The highest BCUT2D eigenvalue weighted by Gasteiger charge is 2.09. The number of aromatic nitrogens is 1. The highest BCUT2D eigenvalue weighted by atomic mass is 35.5. The van der Waals surface area contributed by atoms with Crippen molar-refractivity contribution in [2.75, 3.05) is 11.1 Å². The number of halogens is 1. The van der Waals surface area contributed by atoms with Crippen molar-refractivity contribution in [3.63, 3.8) is 0 Å². The first-order valence-electron chi connectivity index (χ1n) is 7.76. The van der Waals surface area contributed by atoms with Crippen molar-refractivity contribution in [3.05, 3.63) is 53.1 Å². The summed E-state index contributed by atoms with van der Waals surface area (Å²) in [5.41, 5.74) is 2.33. The molecular formula is C18H17ClN2OS2. The molecule has 1 heterocycles. The predicted molar refractivity (Wildman–Crippen MR) is 105 cm³/mol. The lowest BCUT2D eigenvalue weighted by molar-refractivity contribution is 0.102. The van der Waals surface area contributed by atoms with Gasteiger partial charge in [-0.2, -0.15) is 0 Å². The lowest BCUT2D eigenvalue weighted by Gasteiger charge is -2.05. The van der Waals surface area contributed by atoms with E-state index in [4.69, 9.17) is 11.6 Å². The summed E-state index contributed by atoms with van der Waals surface area (Å²) in [5.74, 6) is 0.948. The van der Waals surface area contributed by atoms with Crippen molar-refractivity contribution in [1.29, 1.82) is 0 Å². The molecule has 0 saturated heterocycles. The predicted octanol–water partition coefficient (Wildman–Crippen LogP) is 6.09. The maximum atomic E-state index is 12.3. The van der Waals surface area contributed by atoms with E-state index in [9.17, 15) is 4.79 Å². The van der Waals surface area contributed by atoms with Crippen LogP contribution in [0.4, 0.5) is 5.69 Å². The molecule has 0 aliphatic heterocycles. The molecule has 0 aliphatic carbocycles. The van der Waals surface area contributed by atoms with Crippen LogP contribution in [0.25, 0.3) is 10.2 Å². The average Bonchev–Trinajstić information content (AvgIpc) is 2.97. The third-order valence-electron chi connectivity index (χ3n) is 3.46. The topological polar surface area (TPSA) is 42.0 Å². The number of carbonyl (C=O) groups is 1. The van der Waals surface area contributed by atoms with Crippen LogP contribution in [0.3, 0.4) is 0 Å². The Morgan fingerprint density at radius 3 is 2.79 bits per heavy atom. The molecule has 0 radical (unpaired) electrons. The lowest BCUT2D eigenvalue weighted by Crippen LogP contribution is -2.11. The summed E-state index contributed by atoms with van der Waals surface area (Å²) in [6.07, 6.45) is 2.39. The Kier molecular flexibility index (Phi) is 5.76. The number of amides is 1. The van der Waals surface area contributed by atoms with E-state index in [2.05, 4.69) is 17.2 Å². The first kappa shape index (κ1) is 17.3. The van der Waals surface area contributed by atoms with Crippen LogP contribution in [-0.2, 0) is 0 Å². The van der Waals surface area contributed by atoms with E-state index in [-0.39, 0.29) is 5.91 Å². The van der Waals surface area contributed by atoms with Gasteiger partial charge in [0.15, 0.2) is 4.34 Å². The monoisotopic (exact) mass is 376 g/mol. The molecule has 2 aromatic carbocycles. The number of carbonyl (C=O) groups excluding carboxylic acids is 1. The van der Waals surface area contributed by atoms with Gasteiger partial charge < -0.3 is 5.32 Å². The number of nitrogens with one attached hydrogen (secondary N) is 1. The molecule has 0 atom stereocenters. The molecular weight excluding hydrogens is 360 g/mol. The van der Waals surface area contributed by atoms with Gasteiger partial charge in [-0.05, 0) is 48.9 Å². The van der Waals surface area contributed by atoms with Gasteiger partial charge in [0.2, 0.25) is 0 Å². The fourth-order valence-electron chi connectivity index (χ4n) is 2.15. The molecule has 0 unspecified atom stereocenters. The number of nitrogens with zero attached hydrogens (tertiary/aromatic N) is 1. The summed E-state index contributed by atoms with van der Waals surface area (Å²) < 4.78 is 2.17. The van der Waals surface area contributed by atoms with E-state index in [0.29, 0.717) is 10.6 Å². The first-order valence-corrected chi connectivity index (χ1v) is 9.94. The Labute approximate surface area is 154 Å². The summed E-state index contributed by atoms with van der Waals surface area (Å²) in [7, 11) is 0. The van der Waals surface area contributed by atoms with Gasteiger partial charge in [-0.1, -0.05) is 36.7 Å². The van der Waals surface area contributed by atoms with Gasteiger partial charge in [0.25, 0.3) is 5.91 Å². The molecule has 0 spiro atoms. The van der Waals surface area contributed by atoms with Crippen molar-refractivity contribution in [3.8, 4) is 0 Å². The Balaban J connectivity index is 1.72. The summed E-state index contributed by atoms with van der Waals surface area (Å²) in [5, 5.41) is 3.54. The average molecular weight is 377 g/mol. The molecule has 1 amide bonds. The zero-order valence-electron chi connectivity index (χ0n) is 13.2. The minimum absolute atomic E-state index is 0.145. The third-order valence-corrected chi connectivity index (χ3v) is 5.96. The van der Waals surface area contributed by atoms with E-state index >= 15 is 0 Å². The minimum Gasteiger partial charge on any atom is -0.322 e. The molecule has 124 valence electrons. The van der Waals surface area contributed by atoms with Crippen LogP contribution in [0.2, 0.25) is 5.02 Å². The lowest BCUT2D eigenvalue weighted by atomic mass is 10.2. The smallest absolute Gasteiger partial charge is 0.255 e. The highest BCUT2D eigenvalue weighted by molar-refractivity contribution is 8.01. The number of hydrogen-bond donors (Lipinski definition) is 1. The Morgan fingerprint density at radius 2 is 2.04 bits per heavy atom. The number of hydrogen-bond acceptors (Lipinski definition) is 4. The number of unbranched alkanes of at least 4 members (excludes halogenated alkanes) is 1. The van der Waals surface area contributed by atoms with Crippen molar-refractivity contribution in [2.24, 2.45) is 0 Å². The second-order valence-electron chi connectivity index (χ2n) is 5.33. The highest BCUT2D eigenvalue weighted by Crippen LogP contribution is 2.31. The van der Waals surface area contributed by atoms with Gasteiger partial charge in [-0.15, -0.1) is 11.3 Å². The van der Waals surface area contributed by atoms with Crippen molar-refractivity contribution >= 4 is 56.5 Å². The van der Waals surface area contributed by atoms with Crippen LogP contribution in [0.15, 0.2) is 46.8 Å². The van der Waals surface area contributed by atoms with Gasteiger partial charge in [0.05, 0.1) is 10.2 Å². The van der Waals surface area contributed by atoms with E-state index in [1.165, 1.54) is 12.8 Å². The Hall–Kier alpha value is -1.56. The van der Waals surface area contributed by atoms with E-state index < -0.39 is 0 Å². The number of thiazole rings is 1. The maximum Gasteiger partial charge on any atom is 0.255 e. The standard InChI is InChI=1S/C18H17ClN2OS2/c1-2-3-10-23-18-21-15-9-8-14(11-16(15)24-18)20-17(22)12-4-6-13(19)7-5-12/h4-9,11H,2-3,10H2,1H3,(H,20,22). The van der Waals surface area contributed by atoms with E-state index in [0.717, 1.165) is 26.0 Å². The minimum atomic E-state index is -0.145. The van der Waals surface area contributed by atoms with Crippen molar-refractivity contribution in [2.45, 2.75) is 24.1 Å². The molecule has 0 fully saturated rings. The van der Waals surface area contributed by atoms with Gasteiger partial charge in [0.1, 0.15) is 0 Å². The Morgan fingerprint density at radius 1 is 1.25 bits per heavy atom. The number of rotatable bonds is 6. The molecule has 6 heteroatoms. The van der Waals surface area contributed by atoms with Crippen LogP contribution in [-0.4, -0.2) is 16.6 Å². The van der Waals surface area contributed by atoms with E-state index in [1.54, 1.807) is 47.4 Å². The summed E-state index contributed by atoms with van der Waals surface area (Å²) in [4.78, 5) is 16.9. The molecule has 0 saturated carbocycles. The number of thioether (sulfide) groups is 1. The zero-order chi connectivity index (χ0) is 16.9. The SMILES string of the molecule is CCCCSc1nc2ccc(NC(=O)c3ccc(Cl)cc3)cc2s1. The maximum absolute atomic E-state index is 12.3. The second kappa shape index (κ2) is 8.01. The molecule has 3 aromatic rings. The molecule has 0 aliphatic rings. The largest absolute Gasteiger partial charge is 0.322 e.